The number of carbonyl (C=O) groups is 1. The summed E-state index contributed by atoms with van der Waals surface area (Å²) in [6.45, 7) is 8.12. The van der Waals surface area contributed by atoms with Crippen molar-refractivity contribution in [1.29, 1.82) is 0 Å². The molecule has 0 N–H and O–H groups in total. The van der Waals surface area contributed by atoms with E-state index in [1.807, 2.05) is 48.2 Å². The zero-order chi connectivity index (χ0) is 22.9. The van der Waals surface area contributed by atoms with Crippen LogP contribution in [0.25, 0.3) is 0 Å². The molecule has 1 amide bonds. The predicted octanol–water partition coefficient (Wildman–Crippen LogP) is 3.69. The lowest BCUT2D eigenvalue weighted by Gasteiger charge is -2.28. The van der Waals surface area contributed by atoms with Crippen molar-refractivity contribution in [3.05, 3.63) is 59.7 Å². The minimum Gasteiger partial charge on any atom is -0.372 e. The minimum absolute atomic E-state index is 0.0911. The van der Waals surface area contributed by atoms with Gasteiger partial charge in [-0.2, -0.15) is 4.99 Å². The first-order chi connectivity index (χ1) is 15.3. The van der Waals surface area contributed by atoms with Crippen molar-refractivity contribution in [3.63, 3.8) is 0 Å². The quantitative estimate of drug-likeness (QED) is 0.640. The maximum absolute atomic E-state index is 12.7. The van der Waals surface area contributed by atoms with Gasteiger partial charge in [0.2, 0.25) is 0 Å². The summed E-state index contributed by atoms with van der Waals surface area (Å²) in [5.74, 6) is -0.00120. The number of sulfone groups is 1. The number of anilines is 2. The van der Waals surface area contributed by atoms with Gasteiger partial charge in [-0.1, -0.05) is 42.1 Å². The highest BCUT2D eigenvalue weighted by Gasteiger charge is 2.49. The Morgan fingerprint density at radius 1 is 1.12 bits per heavy atom. The Bertz CT molecular complexity index is 1130. The lowest BCUT2D eigenvalue weighted by Crippen LogP contribution is -2.38. The van der Waals surface area contributed by atoms with Crippen LogP contribution in [0.3, 0.4) is 0 Å². The molecule has 6 nitrogen and oxygen atoms in total. The summed E-state index contributed by atoms with van der Waals surface area (Å²) in [5, 5.41) is 0.500. The number of benzene rings is 2. The van der Waals surface area contributed by atoms with Gasteiger partial charge in [-0.15, -0.1) is 0 Å². The maximum Gasteiger partial charge on any atom is 0.252 e. The van der Waals surface area contributed by atoms with Crippen molar-refractivity contribution in [2.75, 3.05) is 34.4 Å². The van der Waals surface area contributed by atoms with Crippen LogP contribution >= 0.6 is 11.8 Å². The maximum atomic E-state index is 12.7. The van der Waals surface area contributed by atoms with Crippen molar-refractivity contribution in [2.45, 2.75) is 38.5 Å². The molecule has 0 bridgehead atoms. The molecule has 0 radical (unpaired) electrons. The lowest BCUT2D eigenvalue weighted by molar-refractivity contribution is -0.117. The van der Waals surface area contributed by atoms with Gasteiger partial charge in [0, 0.05) is 29.7 Å². The van der Waals surface area contributed by atoms with E-state index < -0.39 is 9.84 Å². The number of amides is 1. The Morgan fingerprint density at radius 3 is 2.50 bits per heavy atom. The van der Waals surface area contributed by atoms with E-state index in [-0.39, 0.29) is 35.1 Å². The van der Waals surface area contributed by atoms with Gasteiger partial charge in [0.05, 0.1) is 24.0 Å². The van der Waals surface area contributed by atoms with Crippen LogP contribution in [0.2, 0.25) is 0 Å². The number of aryl methyl sites for hydroxylation is 1. The molecule has 2 atom stereocenters. The second-order valence-electron chi connectivity index (χ2n) is 8.26. The van der Waals surface area contributed by atoms with E-state index in [2.05, 4.69) is 35.9 Å². The fraction of sp³-hybridized carbons (Fsp3) is 0.417. The topological polar surface area (TPSA) is 70.0 Å². The summed E-state index contributed by atoms with van der Waals surface area (Å²) in [7, 11) is -3.10. The van der Waals surface area contributed by atoms with E-state index >= 15 is 0 Å². The number of carbonyl (C=O) groups excluding carboxylic acids is 1. The van der Waals surface area contributed by atoms with E-state index in [0.717, 1.165) is 35.6 Å². The zero-order valence-electron chi connectivity index (χ0n) is 18.7. The number of aliphatic imine (C=N–C) groups is 1. The first-order valence-corrected chi connectivity index (χ1v) is 13.7. The van der Waals surface area contributed by atoms with Crippen LogP contribution in [0, 0.1) is 6.92 Å². The smallest absolute Gasteiger partial charge is 0.252 e. The molecule has 2 heterocycles. The normalized spacial score (nSPS) is 22.8. The zero-order valence-corrected chi connectivity index (χ0v) is 20.3. The van der Waals surface area contributed by atoms with Gasteiger partial charge >= 0.3 is 0 Å². The average Bonchev–Trinajstić information content (AvgIpc) is 3.21. The molecule has 2 aliphatic heterocycles. The fourth-order valence-corrected chi connectivity index (χ4v) is 8.38. The fourth-order valence-electron chi connectivity index (χ4n) is 4.46. The van der Waals surface area contributed by atoms with Crippen molar-refractivity contribution < 1.29 is 13.2 Å². The third-order valence-electron chi connectivity index (χ3n) is 6.05. The summed E-state index contributed by atoms with van der Waals surface area (Å²) in [5.41, 5.74) is 4.02. The number of amidine groups is 1. The summed E-state index contributed by atoms with van der Waals surface area (Å²) in [6, 6.07) is 15.6. The lowest BCUT2D eigenvalue weighted by atomic mass is 10.1. The van der Waals surface area contributed by atoms with Gasteiger partial charge in [0.25, 0.3) is 5.91 Å². The largest absolute Gasteiger partial charge is 0.372 e. The second-order valence-corrected chi connectivity index (χ2v) is 11.6. The van der Waals surface area contributed by atoms with Gasteiger partial charge in [0.1, 0.15) is 0 Å². The molecular formula is C24H29N3O3S2. The molecule has 0 aliphatic carbocycles. The SMILES string of the molecule is CCN(CC)c1ccc(N2C(=NC(=O)Cc3ccccc3)S[C@@H]3CS(=O)(=O)C[C@H]32)c(C)c1. The van der Waals surface area contributed by atoms with Crippen molar-refractivity contribution in [2.24, 2.45) is 4.99 Å². The molecule has 0 aromatic heterocycles. The first kappa shape index (κ1) is 22.9. The molecule has 2 saturated heterocycles. The van der Waals surface area contributed by atoms with Gasteiger partial charge in [-0.05, 0) is 50.1 Å². The number of thioether (sulfide) groups is 1. The third-order valence-corrected chi connectivity index (χ3v) is 9.26. The van der Waals surface area contributed by atoms with Crippen LogP contribution in [-0.4, -0.2) is 55.4 Å². The predicted molar refractivity (Wildman–Crippen MR) is 134 cm³/mol. The van der Waals surface area contributed by atoms with Crippen molar-refractivity contribution in [3.8, 4) is 0 Å². The van der Waals surface area contributed by atoms with Crippen LogP contribution in [0.15, 0.2) is 53.5 Å². The molecule has 0 spiro atoms. The molecule has 8 heteroatoms. The summed E-state index contributed by atoms with van der Waals surface area (Å²) in [6.07, 6.45) is 0.228. The molecular weight excluding hydrogens is 442 g/mol. The van der Waals surface area contributed by atoms with Crippen LogP contribution < -0.4 is 9.80 Å². The Morgan fingerprint density at radius 2 is 1.84 bits per heavy atom. The molecule has 4 rings (SSSR count). The standard InChI is InChI=1S/C24H29N3O3S2/c1-4-26(5-2)19-11-12-20(17(3)13-19)27-21-15-32(29,30)16-22(21)31-24(27)25-23(28)14-18-9-7-6-8-10-18/h6-13,21-22H,4-5,14-16H2,1-3H3/t21-,22-/m1/s1. The van der Waals surface area contributed by atoms with E-state index in [0.29, 0.717) is 5.17 Å². The van der Waals surface area contributed by atoms with Crippen LogP contribution in [0.5, 0.6) is 0 Å². The highest BCUT2D eigenvalue weighted by atomic mass is 32.2. The monoisotopic (exact) mass is 471 g/mol. The number of hydrogen-bond acceptors (Lipinski definition) is 5. The van der Waals surface area contributed by atoms with Gasteiger partial charge in [0.15, 0.2) is 15.0 Å². The summed E-state index contributed by atoms with van der Waals surface area (Å²) in [4.78, 5) is 21.5. The molecule has 0 saturated carbocycles. The second kappa shape index (κ2) is 9.27. The molecule has 170 valence electrons. The van der Waals surface area contributed by atoms with Crippen LogP contribution in [0.4, 0.5) is 11.4 Å². The van der Waals surface area contributed by atoms with Crippen LogP contribution in [0.1, 0.15) is 25.0 Å². The number of hydrogen-bond donors (Lipinski definition) is 0. The van der Waals surface area contributed by atoms with E-state index in [1.165, 1.54) is 11.8 Å². The Hall–Kier alpha value is -2.32. The first-order valence-electron chi connectivity index (χ1n) is 11.0. The number of nitrogens with zero attached hydrogens (tertiary/aromatic N) is 3. The van der Waals surface area contributed by atoms with Gasteiger partial charge in [-0.3, -0.25) is 4.79 Å². The van der Waals surface area contributed by atoms with Crippen LogP contribution in [-0.2, 0) is 21.1 Å². The highest BCUT2D eigenvalue weighted by molar-refractivity contribution is 8.16. The van der Waals surface area contributed by atoms with E-state index in [1.54, 1.807) is 0 Å². The number of rotatable bonds is 6. The molecule has 2 aliphatic rings. The molecule has 2 aromatic rings. The molecule has 0 unspecified atom stereocenters. The van der Waals surface area contributed by atoms with E-state index in [9.17, 15) is 13.2 Å². The van der Waals surface area contributed by atoms with Crippen molar-refractivity contribution in [1.82, 2.24) is 0 Å². The number of fused-ring (bicyclic) bond motifs is 1. The Balaban J connectivity index is 1.68. The highest BCUT2D eigenvalue weighted by Crippen LogP contribution is 2.42. The molecule has 2 aromatic carbocycles. The average molecular weight is 472 g/mol. The minimum atomic E-state index is -3.10. The summed E-state index contributed by atoms with van der Waals surface area (Å²) >= 11 is 1.42. The van der Waals surface area contributed by atoms with E-state index in [4.69, 9.17) is 0 Å². The van der Waals surface area contributed by atoms with Gasteiger partial charge < -0.3 is 9.80 Å². The Kier molecular flexibility index (Phi) is 6.62. The summed E-state index contributed by atoms with van der Waals surface area (Å²) < 4.78 is 24.7. The molecule has 2 fully saturated rings. The van der Waals surface area contributed by atoms with Gasteiger partial charge in [-0.25, -0.2) is 8.42 Å². The molecule has 32 heavy (non-hydrogen) atoms. The third kappa shape index (κ3) is 4.71. The van der Waals surface area contributed by atoms with Crippen molar-refractivity contribution >= 4 is 44.0 Å². The Labute approximate surface area is 194 Å².